The van der Waals surface area contributed by atoms with E-state index in [0.717, 1.165) is 42.5 Å². The summed E-state index contributed by atoms with van der Waals surface area (Å²) in [7, 11) is 4.03. The Balaban J connectivity index is 2.36. The molecule has 4 heteroatoms. The molecule has 96 valence electrons. The van der Waals surface area contributed by atoms with E-state index in [0.29, 0.717) is 0 Å². The normalized spacial score (nSPS) is 11.1. The monoisotopic (exact) mass is 302 g/mol. The summed E-state index contributed by atoms with van der Waals surface area (Å²) in [4.78, 5) is 2.23. The van der Waals surface area contributed by atoms with Crippen molar-refractivity contribution in [2.24, 2.45) is 0 Å². The fraction of sp³-hybridized carbons (Fsp3) is 0.538. The van der Waals surface area contributed by atoms with Crippen molar-refractivity contribution >= 4 is 15.9 Å². The molecular weight excluding hydrogens is 283 g/mol. The molecule has 0 radical (unpaired) electrons. The predicted octanol–water partition coefficient (Wildman–Crippen LogP) is 2.67. The second-order valence-electron chi connectivity index (χ2n) is 4.25. The van der Waals surface area contributed by atoms with Crippen LogP contribution >= 0.6 is 15.9 Å². The molecule has 0 saturated heterocycles. The molecule has 0 fully saturated rings. The Kier molecular flexibility index (Phi) is 6.70. The topological polar surface area (TPSA) is 15.3 Å². The SMILES string of the molecule is CNCCCN(C)CCc1cc(Br)ccc1F. The van der Waals surface area contributed by atoms with E-state index in [-0.39, 0.29) is 5.82 Å². The molecule has 2 nitrogen and oxygen atoms in total. The van der Waals surface area contributed by atoms with Crippen LogP contribution in [0.4, 0.5) is 4.39 Å². The van der Waals surface area contributed by atoms with E-state index in [1.165, 1.54) is 6.07 Å². The molecule has 0 unspecified atom stereocenters. The minimum absolute atomic E-state index is 0.114. The van der Waals surface area contributed by atoms with Crippen molar-refractivity contribution in [3.8, 4) is 0 Å². The van der Waals surface area contributed by atoms with Crippen molar-refractivity contribution in [1.29, 1.82) is 0 Å². The number of nitrogens with one attached hydrogen (secondary N) is 1. The zero-order valence-electron chi connectivity index (χ0n) is 10.5. The van der Waals surface area contributed by atoms with Gasteiger partial charge in [-0.15, -0.1) is 0 Å². The van der Waals surface area contributed by atoms with Gasteiger partial charge in [-0.3, -0.25) is 0 Å². The molecule has 0 aliphatic carbocycles. The van der Waals surface area contributed by atoms with Gasteiger partial charge in [-0.05, 0) is 63.8 Å². The molecule has 1 aromatic rings. The highest BCUT2D eigenvalue weighted by Crippen LogP contribution is 2.16. The minimum Gasteiger partial charge on any atom is -0.320 e. The van der Waals surface area contributed by atoms with Crippen LogP contribution in [-0.2, 0) is 6.42 Å². The van der Waals surface area contributed by atoms with Gasteiger partial charge in [0, 0.05) is 11.0 Å². The Bertz CT molecular complexity index is 344. The first-order valence-electron chi connectivity index (χ1n) is 5.90. The van der Waals surface area contributed by atoms with Crippen molar-refractivity contribution in [1.82, 2.24) is 10.2 Å². The number of hydrogen-bond donors (Lipinski definition) is 1. The van der Waals surface area contributed by atoms with Crippen molar-refractivity contribution in [2.45, 2.75) is 12.8 Å². The zero-order valence-corrected chi connectivity index (χ0v) is 12.1. The van der Waals surface area contributed by atoms with Gasteiger partial charge in [0.25, 0.3) is 0 Å². The second-order valence-corrected chi connectivity index (χ2v) is 5.16. The van der Waals surface area contributed by atoms with E-state index >= 15 is 0 Å². The Hall–Kier alpha value is -0.450. The van der Waals surface area contributed by atoms with E-state index < -0.39 is 0 Å². The maximum Gasteiger partial charge on any atom is 0.126 e. The van der Waals surface area contributed by atoms with Crippen LogP contribution < -0.4 is 5.32 Å². The Labute approximate surface area is 111 Å². The molecule has 0 bridgehead atoms. The molecule has 0 saturated carbocycles. The highest BCUT2D eigenvalue weighted by Gasteiger charge is 2.04. The molecule has 0 aliphatic heterocycles. The van der Waals surface area contributed by atoms with Gasteiger partial charge in [0.05, 0.1) is 0 Å². The first-order chi connectivity index (χ1) is 8.13. The van der Waals surface area contributed by atoms with Gasteiger partial charge in [-0.25, -0.2) is 4.39 Å². The molecule has 1 aromatic carbocycles. The first-order valence-corrected chi connectivity index (χ1v) is 6.70. The standard InChI is InChI=1S/C13H20BrFN2/c1-16-7-3-8-17(2)9-6-11-10-12(14)4-5-13(11)15/h4-5,10,16H,3,6-9H2,1-2H3. The minimum atomic E-state index is -0.114. The number of nitrogens with zero attached hydrogens (tertiary/aromatic N) is 1. The lowest BCUT2D eigenvalue weighted by atomic mass is 10.1. The highest BCUT2D eigenvalue weighted by molar-refractivity contribution is 9.10. The predicted molar refractivity (Wildman–Crippen MR) is 73.8 cm³/mol. The third-order valence-electron chi connectivity index (χ3n) is 2.74. The summed E-state index contributed by atoms with van der Waals surface area (Å²) in [5, 5.41) is 3.12. The van der Waals surface area contributed by atoms with Crippen LogP contribution in [0.15, 0.2) is 22.7 Å². The van der Waals surface area contributed by atoms with Crippen molar-refractivity contribution in [2.75, 3.05) is 33.7 Å². The summed E-state index contributed by atoms with van der Waals surface area (Å²) in [5.74, 6) is -0.114. The number of likely N-dealkylation sites (N-methyl/N-ethyl adjacent to an activating group) is 1. The number of hydrogen-bond acceptors (Lipinski definition) is 2. The third kappa shape index (κ3) is 5.61. The Morgan fingerprint density at radius 3 is 2.82 bits per heavy atom. The quantitative estimate of drug-likeness (QED) is 0.779. The Morgan fingerprint density at radius 2 is 2.12 bits per heavy atom. The van der Waals surface area contributed by atoms with Gasteiger partial charge in [0.1, 0.15) is 5.82 Å². The average molecular weight is 303 g/mol. The third-order valence-corrected chi connectivity index (χ3v) is 3.23. The van der Waals surface area contributed by atoms with Crippen molar-refractivity contribution in [3.05, 3.63) is 34.1 Å². The lowest BCUT2D eigenvalue weighted by molar-refractivity contribution is 0.331. The lowest BCUT2D eigenvalue weighted by Crippen LogP contribution is -2.25. The molecule has 0 heterocycles. The van der Waals surface area contributed by atoms with E-state index in [1.807, 2.05) is 13.1 Å². The maximum atomic E-state index is 13.5. The van der Waals surface area contributed by atoms with Gasteiger partial charge in [-0.2, -0.15) is 0 Å². The summed E-state index contributed by atoms with van der Waals surface area (Å²) in [6.07, 6.45) is 1.87. The molecule has 17 heavy (non-hydrogen) atoms. The van der Waals surface area contributed by atoms with Crippen LogP contribution in [0.2, 0.25) is 0 Å². The molecule has 0 atom stereocenters. The van der Waals surface area contributed by atoms with Crippen LogP contribution in [0, 0.1) is 5.82 Å². The molecule has 0 amide bonds. The van der Waals surface area contributed by atoms with Crippen LogP contribution in [0.3, 0.4) is 0 Å². The van der Waals surface area contributed by atoms with Gasteiger partial charge >= 0.3 is 0 Å². The summed E-state index contributed by atoms with van der Waals surface area (Å²) in [6.45, 7) is 2.95. The summed E-state index contributed by atoms with van der Waals surface area (Å²) >= 11 is 3.37. The van der Waals surface area contributed by atoms with E-state index in [2.05, 4.69) is 33.2 Å². The van der Waals surface area contributed by atoms with Gasteiger partial charge in [0.2, 0.25) is 0 Å². The van der Waals surface area contributed by atoms with E-state index in [9.17, 15) is 4.39 Å². The van der Waals surface area contributed by atoms with Gasteiger partial charge in [0.15, 0.2) is 0 Å². The van der Waals surface area contributed by atoms with Crippen molar-refractivity contribution < 1.29 is 4.39 Å². The number of halogens is 2. The fourth-order valence-corrected chi connectivity index (χ4v) is 2.09. The summed E-state index contributed by atoms with van der Waals surface area (Å²) < 4.78 is 14.4. The van der Waals surface area contributed by atoms with Crippen LogP contribution in [0.1, 0.15) is 12.0 Å². The zero-order chi connectivity index (χ0) is 12.7. The van der Waals surface area contributed by atoms with E-state index in [4.69, 9.17) is 0 Å². The molecule has 1 rings (SSSR count). The molecule has 0 aliphatic rings. The maximum absolute atomic E-state index is 13.5. The number of rotatable bonds is 7. The van der Waals surface area contributed by atoms with Crippen LogP contribution in [0.25, 0.3) is 0 Å². The molecule has 1 N–H and O–H groups in total. The molecule has 0 spiro atoms. The lowest BCUT2D eigenvalue weighted by Gasteiger charge is -2.16. The first kappa shape index (κ1) is 14.6. The van der Waals surface area contributed by atoms with Crippen LogP contribution in [0.5, 0.6) is 0 Å². The fourth-order valence-electron chi connectivity index (χ4n) is 1.68. The summed E-state index contributed by atoms with van der Waals surface area (Å²) in [5.41, 5.74) is 0.778. The number of benzene rings is 1. The summed E-state index contributed by atoms with van der Waals surface area (Å²) in [6, 6.07) is 5.10. The smallest absolute Gasteiger partial charge is 0.126 e. The highest BCUT2D eigenvalue weighted by atomic mass is 79.9. The average Bonchev–Trinajstić information content (AvgIpc) is 2.31. The molecule has 0 aromatic heterocycles. The van der Waals surface area contributed by atoms with Crippen LogP contribution in [-0.4, -0.2) is 38.6 Å². The molecular formula is C13H20BrFN2. The second kappa shape index (κ2) is 7.80. The van der Waals surface area contributed by atoms with Gasteiger partial charge < -0.3 is 10.2 Å². The van der Waals surface area contributed by atoms with Gasteiger partial charge in [-0.1, -0.05) is 15.9 Å². The van der Waals surface area contributed by atoms with E-state index in [1.54, 1.807) is 6.07 Å². The Morgan fingerprint density at radius 1 is 1.35 bits per heavy atom. The largest absolute Gasteiger partial charge is 0.320 e. The van der Waals surface area contributed by atoms with Crippen molar-refractivity contribution in [3.63, 3.8) is 0 Å².